The van der Waals surface area contributed by atoms with Gasteiger partial charge in [0.25, 0.3) is 0 Å². The van der Waals surface area contributed by atoms with Gasteiger partial charge >= 0.3 is 0 Å². The lowest BCUT2D eigenvalue weighted by Gasteiger charge is -2.16. The van der Waals surface area contributed by atoms with Gasteiger partial charge in [-0.25, -0.2) is 13.8 Å². The predicted molar refractivity (Wildman–Crippen MR) is 75.7 cm³/mol. The van der Waals surface area contributed by atoms with Crippen molar-refractivity contribution >= 4 is 0 Å². The molecule has 0 aliphatic rings. The zero-order valence-corrected chi connectivity index (χ0v) is 11.6. The van der Waals surface area contributed by atoms with E-state index < -0.39 is 11.6 Å². The molecule has 0 fully saturated rings. The minimum Gasteiger partial charge on any atom is -0.481 e. The quantitative estimate of drug-likeness (QED) is 0.631. The summed E-state index contributed by atoms with van der Waals surface area (Å²) in [6.45, 7) is 0. The molecule has 112 valence electrons. The first-order chi connectivity index (χ1) is 10.1. The van der Waals surface area contributed by atoms with Gasteiger partial charge in [-0.2, -0.15) is 0 Å². The smallest absolute Gasteiger partial charge is 0.212 e. The van der Waals surface area contributed by atoms with E-state index in [4.69, 9.17) is 10.6 Å². The zero-order valence-electron chi connectivity index (χ0n) is 11.6. The number of hydrogen-bond acceptors (Lipinski definition) is 4. The van der Waals surface area contributed by atoms with Crippen LogP contribution in [-0.2, 0) is 12.8 Å². The summed E-state index contributed by atoms with van der Waals surface area (Å²) in [5.41, 5.74) is 3.84. The molecule has 0 spiro atoms. The SMILES string of the molecule is COc1ccc(CC(Cc2cccc(F)c2F)NN)cn1. The van der Waals surface area contributed by atoms with Crippen LogP contribution in [0.25, 0.3) is 0 Å². The highest BCUT2D eigenvalue weighted by atomic mass is 19.2. The largest absolute Gasteiger partial charge is 0.481 e. The van der Waals surface area contributed by atoms with E-state index in [1.54, 1.807) is 25.4 Å². The number of nitrogens with zero attached hydrogens (tertiary/aromatic N) is 1. The lowest BCUT2D eigenvalue weighted by molar-refractivity contribution is 0.397. The van der Waals surface area contributed by atoms with Gasteiger partial charge in [-0.1, -0.05) is 18.2 Å². The van der Waals surface area contributed by atoms with Crippen LogP contribution in [-0.4, -0.2) is 18.1 Å². The van der Waals surface area contributed by atoms with Crippen molar-refractivity contribution in [3.8, 4) is 5.88 Å². The van der Waals surface area contributed by atoms with Crippen LogP contribution in [0.4, 0.5) is 8.78 Å². The lowest BCUT2D eigenvalue weighted by Crippen LogP contribution is -2.38. The van der Waals surface area contributed by atoms with Crippen molar-refractivity contribution in [2.24, 2.45) is 5.84 Å². The molecular weight excluding hydrogens is 276 g/mol. The fourth-order valence-electron chi connectivity index (χ4n) is 2.10. The molecule has 0 aliphatic carbocycles. The molecule has 0 amide bonds. The van der Waals surface area contributed by atoms with Crippen molar-refractivity contribution in [2.75, 3.05) is 7.11 Å². The second-order valence-electron chi connectivity index (χ2n) is 4.69. The Balaban J connectivity index is 2.07. The maximum atomic E-state index is 13.7. The number of nitrogens with one attached hydrogen (secondary N) is 1. The first-order valence-corrected chi connectivity index (χ1v) is 6.52. The van der Waals surface area contributed by atoms with Gasteiger partial charge in [0.1, 0.15) is 0 Å². The van der Waals surface area contributed by atoms with Gasteiger partial charge in [0, 0.05) is 18.3 Å². The molecule has 1 atom stereocenters. The normalized spacial score (nSPS) is 12.2. The molecule has 0 radical (unpaired) electrons. The van der Waals surface area contributed by atoms with Gasteiger partial charge in [0.05, 0.1) is 7.11 Å². The van der Waals surface area contributed by atoms with Gasteiger partial charge in [0.2, 0.25) is 5.88 Å². The fraction of sp³-hybridized carbons (Fsp3) is 0.267. The van der Waals surface area contributed by atoms with E-state index in [0.717, 1.165) is 11.6 Å². The Morgan fingerprint density at radius 1 is 1.24 bits per heavy atom. The molecule has 1 unspecified atom stereocenters. The summed E-state index contributed by atoms with van der Waals surface area (Å²) in [6, 6.07) is 7.50. The first-order valence-electron chi connectivity index (χ1n) is 6.52. The summed E-state index contributed by atoms with van der Waals surface area (Å²) in [7, 11) is 1.54. The minimum absolute atomic E-state index is 0.225. The highest BCUT2D eigenvalue weighted by molar-refractivity contribution is 5.22. The Morgan fingerprint density at radius 3 is 2.67 bits per heavy atom. The monoisotopic (exact) mass is 293 g/mol. The zero-order chi connectivity index (χ0) is 15.2. The Hall–Kier alpha value is -2.05. The van der Waals surface area contributed by atoms with Crippen molar-refractivity contribution in [1.29, 1.82) is 0 Å². The van der Waals surface area contributed by atoms with Crippen molar-refractivity contribution in [1.82, 2.24) is 10.4 Å². The van der Waals surface area contributed by atoms with Crippen molar-refractivity contribution in [3.63, 3.8) is 0 Å². The summed E-state index contributed by atoms with van der Waals surface area (Å²) in [5, 5.41) is 0. The molecule has 1 aromatic heterocycles. The molecule has 2 aromatic rings. The molecule has 0 bridgehead atoms. The molecule has 0 saturated carbocycles. The van der Waals surface area contributed by atoms with E-state index in [1.807, 2.05) is 6.07 Å². The van der Waals surface area contributed by atoms with Gasteiger partial charge in [0.15, 0.2) is 11.6 Å². The van der Waals surface area contributed by atoms with Crippen LogP contribution in [0.5, 0.6) is 5.88 Å². The number of aromatic nitrogens is 1. The van der Waals surface area contributed by atoms with E-state index in [-0.39, 0.29) is 12.5 Å². The average molecular weight is 293 g/mol. The van der Waals surface area contributed by atoms with Crippen molar-refractivity contribution in [3.05, 3.63) is 59.3 Å². The molecule has 1 aromatic carbocycles. The van der Waals surface area contributed by atoms with Crippen LogP contribution in [0.1, 0.15) is 11.1 Å². The number of ether oxygens (including phenoxy) is 1. The molecular formula is C15H17F2N3O. The molecule has 0 aliphatic heterocycles. The van der Waals surface area contributed by atoms with Gasteiger partial charge < -0.3 is 4.74 Å². The Morgan fingerprint density at radius 2 is 2.05 bits per heavy atom. The topological polar surface area (TPSA) is 60.2 Å². The second kappa shape index (κ2) is 7.10. The summed E-state index contributed by atoms with van der Waals surface area (Å²) < 4.78 is 31.8. The van der Waals surface area contributed by atoms with Crippen molar-refractivity contribution in [2.45, 2.75) is 18.9 Å². The molecule has 21 heavy (non-hydrogen) atoms. The van der Waals surface area contributed by atoms with Crippen LogP contribution in [0.2, 0.25) is 0 Å². The van der Waals surface area contributed by atoms with E-state index in [1.165, 1.54) is 6.07 Å². The number of methoxy groups -OCH3 is 1. The number of hydrazine groups is 1. The number of pyridine rings is 1. The van der Waals surface area contributed by atoms with Crippen LogP contribution in [0, 0.1) is 11.6 Å². The number of halogens is 2. The molecule has 2 rings (SSSR count). The summed E-state index contributed by atoms with van der Waals surface area (Å²) in [5.74, 6) is 4.34. The average Bonchev–Trinajstić information content (AvgIpc) is 2.51. The Bertz CT molecular complexity index is 590. The third-order valence-corrected chi connectivity index (χ3v) is 3.22. The van der Waals surface area contributed by atoms with Crippen LogP contribution in [0.15, 0.2) is 36.5 Å². The molecule has 4 nitrogen and oxygen atoms in total. The lowest BCUT2D eigenvalue weighted by atomic mass is 10.00. The Labute approximate surface area is 121 Å². The number of benzene rings is 1. The van der Waals surface area contributed by atoms with E-state index >= 15 is 0 Å². The number of nitrogens with two attached hydrogens (primary N) is 1. The van der Waals surface area contributed by atoms with Crippen LogP contribution < -0.4 is 16.0 Å². The molecule has 0 saturated heterocycles. The Kier molecular flexibility index (Phi) is 5.19. The van der Waals surface area contributed by atoms with Gasteiger partial charge in [-0.3, -0.25) is 11.3 Å². The minimum atomic E-state index is -0.852. The van der Waals surface area contributed by atoms with Gasteiger partial charge in [-0.05, 0) is 30.0 Å². The predicted octanol–water partition coefficient (Wildman–Crippen LogP) is 1.99. The molecule has 1 heterocycles. The van der Waals surface area contributed by atoms with Crippen LogP contribution >= 0.6 is 0 Å². The maximum Gasteiger partial charge on any atom is 0.212 e. The summed E-state index contributed by atoms with van der Waals surface area (Å²) >= 11 is 0. The van der Waals surface area contributed by atoms with E-state index in [9.17, 15) is 8.78 Å². The number of rotatable bonds is 6. The standard InChI is InChI=1S/C15H17F2N3O/c1-21-14-6-5-10(9-19-14)7-12(20-18)8-11-3-2-4-13(16)15(11)17/h2-6,9,12,20H,7-8,18H2,1H3. The van der Waals surface area contributed by atoms with Crippen molar-refractivity contribution < 1.29 is 13.5 Å². The first kappa shape index (κ1) is 15.3. The van der Waals surface area contributed by atoms with E-state index in [0.29, 0.717) is 17.9 Å². The fourth-order valence-corrected chi connectivity index (χ4v) is 2.10. The van der Waals surface area contributed by atoms with Gasteiger partial charge in [-0.15, -0.1) is 0 Å². The third kappa shape index (κ3) is 3.96. The molecule has 6 heteroatoms. The van der Waals surface area contributed by atoms with Crippen LogP contribution in [0.3, 0.4) is 0 Å². The summed E-state index contributed by atoms with van der Waals surface area (Å²) in [6.07, 6.45) is 2.50. The maximum absolute atomic E-state index is 13.7. The van der Waals surface area contributed by atoms with E-state index in [2.05, 4.69) is 10.4 Å². The molecule has 3 N–H and O–H groups in total. The third-order valence-electron chi connectivity index (χ3n) is 3.22. The number of hydrogen-bond donors (Lipinski definition) is 2. The highest BCUT2D eigenvalue weighted by Gasteiger charge is 2.14. The highest BCUT2D eigenvalue weighted by Crippen LogP contribution is 2.15. The second-order valence-corrected chi connectivity index (χ2v) is 4.69. The summed E-state index contributed by atoms with van der Waals surface area (Å²) in [4.78, 5) is 4.10.